The molecule has 0 aliphatic heterocycles. The standard InChI is InChI=1S/C15H28N2O3S/c1-8-15(5,6)17(7)21(18,19)14-12(4)20-11(3)13(14)10-16-9-2/h16H,8-10H2,1-7H3. The van der Waals surface area contributed by atoms with Crippen LogP contribution < -0.4 is 5.32 Å². The summed E-state index contributed by atoms with van der Waals surface area (Å²) in [4.78, 5) is 0.310. The highest BCUT2D eigenvalue weighted by Crippen LogP contribution is 2.32. The van der Waals surface area contributed by atoms with Gasteiger partial charge in [-0.25, -0.2) is 8.42 Å². The summed E-state index contributed by atoms with van der Waals surface area (Å²) in [6.07, 6.45) is 0.737. The predicted octanol–water partition coefficient (Wildman–Crippen LogP) is 2.82. The Kier molecular flexibility index (Phi) is 5.63. The van der Waals surface area contributed by atoms with Gasteiger partial charge in [0.2, 0.25) is 10.0 Å². The van der Waals surface area contributed by atoms with Crippen LogP contribution in [0, 0.1) is 13.8 Å². The topological polar surface area (TPSA) is 62.6 Å². The molecule has 0 amide bonds. The average molecular weight is 316 g/mol. The summed E-state index contributed by atoms with van der Waals surface area (Å²) in [5.41, 5.74) is 0.291. The molecule has 6 heteroatoms. The van der Waals surface area contributed by atoms with Crippen molar-refractivity contribution in [2.75, 3.05) is 13.6 Å². The molecule has 0 fully saturated rings. The van der Waals surface area contributed by atoms with Gasteiger partial charge in [0.05, 0.1) is 0 Å². The minimum absolute atomic E-state index is 0.310. The Hall–Kier alpha value is -0.850. The number of aryl methyl sites for hydroxylation is 2. The van der Waals surface area contributed by atoms with Crippen LogP contribution in [0.25, 0.3) is 0 Å². The molecule has 0 saturated heterocycles. The number of nitrogens with one attached hydrogen (secondary N) is 1. The van der Waals surface area contributed by atoms with Crippen molar-refractivity contribution < 1.29 is 12.8 Å². The van der Waals surface area contributed by atoms with E-state index in [2.05, 4.69) is 5.32 Å². The fraction of sp³-hybridized carbons (Fsp3) is 0.733. The van der Waals surface area contributed by atoms with E-state index in [1.54, 1.807) is 14.0 Å². The molecule has 0 aromatic carbocycles. The molecule has 21 heavy (non-hydrogen) atoms. The van der Waals surface area contributed by atoms with Gasteiger partial charge in [-0.05, 0) is 40.7 Å². The second kappa shape index (κ2) is 6.50. The number of sulfonamides is 1. The van der Waals surface area contributed by atoms with E-state index in [9.17, 15) is 8.42 Å². The Morgan fingerprint density at radius 3 is 2.24 bits per heavy atom. The van der Waals surface area contributed by atoms with Crippen LogP contribution in [0.1, 0.15) is 51.2 Å². The molecule has 5 nitrogen and oxygen atoms in total. The van der Waals surface area contributed by atoms with Crippen LogP contribution in [0.2, 0.25) is 0 Å². The molecular weight excluding hydrogens is 288 g/mol. The highest BCUT2D eigenvalue weighted by molar-refractivity contribution is 7.89. The number of rotatable bonds is 7. The van der Waals surface area contributed by atoms with E-state index in [-0.39, 0.29) is 0 Å². The highest BCUT2D eigenvalue weighted by atomic mass is 32.2. The summed E-state index contributed by atoms with van der Waals surface area (Å²) in [5, 5.41) is 3.18. The maximum absolute atomic E-state index is 13.0. The van der Waals surface area contributed by atoms with Crippen molar-refractivity contribution in [1.82, 2.24) is 9.62 Å². The molecule has 0 aliphatic carbocycles. The van der Waals surface area contributed by atoms with Crippen molar-refractivity contribution in [3.63, 3.8) is 0 Å². The third kappa shape index (κ3) is 3.49. The summed E-state index contributed by atoms with van der Waals surface area (Å²) < 4.78 is 33.0. The maximum Gasteiger partial charge on any atom is 0.247 e. The van der Waals surface area contributed by atoms with E-state index >= 15 is 0 Å². The van der Waals surface area contributed by atoms with Gasteiger partial charge >= 0.3 is 0 Å². The van der Waals surface area contributed by atoms with Crippen LogP contribution in [0.5, 0.6) is 0 Å². The number of hydrogen-bond acceptors (Lipinski definition) is 4. The van der Waals surface area contributed by atoms with Crippen molar-refractivity contribution >= 4 is 10.0 Å². The Balaban J connectivity index is 3.38. The summed E-state index contributed by atoms with van der Waals surface area (Å²) in [5.74, 6) is 1.12. The van der Waals surface area contributed by atoms with Gasteiger partial charge in [-0.1, -0.05) is 13.8 Å². The Morgan fingerprint density at radius 2 is 1.76 bits per heavy atom. The van der Waals surface area contributed by atoms with Crippen molar-refractivity contribution in [1.29, 1.82) is 0 Å². The molecule has 0 radical (unpaired) electrons. The largest absolute Gasteiger partial charge is 0.465 e. The fourth-order valence-electron chi connectivity index (χ4n) is 2.19. The molecule has 0 spiro atoms. The van der Waals surface area contributed by atoms with Gasteiger partial charge in [0, 0.05) is 24.7 Å². The average Bonchev–Trinajstić information content (AvgIpc) is 2.70. The van der Waals surface area contributed by atoms with E-state index in [1.165, 1.54) is 4.31 Å². The van der Waals surface area contributed by atoms with Gasteiger partial charge < -0.3 is 9.73 Å². The normalized spacial score (nSPS) is 13.1. The van der Waals surface area contributed by atoms with Gasteiger partial charge in [-0.3, -0.25) is 0 Å². The molecule has 1 heterocycles. The van der Waals surface area contributed by atoms with Gasteiger partial charge in [0.25, 0.3) is 0 Å². The van der Waals surface area contributed by atoms with E-state index < -0.39 is 15.6 Å². The Labute approximate surface area is 128 Å². The molecule has 0 unspecified atom stereocenters. The van der Waals surface area contributed by atoms with Crippen LogP contribution in [-0.4, -0.2) is 31.9 Å². The first-order valence-corrected chi connectivity index (χ1v) is 8.82. The van der Waals surface area contributed by atoms with Crippen LogP contribution in [-0.2, 0) is 16.6 Å². The molecule has 0 saturated carbocycles. The van der Waals surface area contributed by atoms with Crippen LogP contribution in [0.4, 0.5) is 0 Å². The minimum atomic E-state index is -3.58. The molecule has 0 aliphatic rings. The highest BCUT2D eigenvalue weighted by Gasteiger charge is 2.37. The lowest BCUT2D eigenvalue weighted by molar-refractivity contribution is 0.256. The lowest BCUT2D eigenvalue weighted by Gasteiger charge is -2.33. The molecule has 0 atom stereocenters. The zero-order valence-electron chi connectivity index (χ0n) is 14.2. The second-order valence-electron chi connectivity index (χ2n) is 5.94. The molecule has 1 aromatic heterocycles. The molecule has 122 valence electrons. The van der Waals surface area contributed by atoms with E-state index in [1.807, 2.05) is 34.6 Å². The SMILES string of the molecule is CCNCc1c(C)oc(C)c1S(=O)(=O)N(C)C(C)(C)CC. The molecule has 1 rings (SSSR count). The van der Waals surface area contributed by atoms with Gasteiger partial charge in [0.15, 0.2) is 0 Å². The summed E-state index contributed by atoms with van der Waals surface area (Å²) in [7, 11) is -1.94. The molecule has 1 N–H and O–H groups in total. The number of furan rings is 1. The zero-order chi connectivity index (χ0) is 16.4. The minimum Gasteiger partial charge on any atom is -0.465 e. The van der Waals surface area contributed by atoms with Crippen molar-refractivity contribution in [3.05, 3.63) is 17.1 Å². The monoisotopic (exact) mass is 316 g/mol. The maximum atomic E-state index is 13.0. The Morgan fingerprint density at radius 1 is 1.19 bits per heavy atom. The van der Waals surface area contributed by atoms with Crippen LogP contribution in [0.3, 0.4) is 0 Å². The predicted molar refractivity (Wildman–Crippen MR) is 84.9 cm³/mol. The number of nitrogens with zero attached hydrogens (tertiary/aromatic N) is 1. The number of hydrogen-bond donors (Lipinski definition) is 1. The lowest BCUT2D eigenvalue weighted by atomic mass is 10.0. The van der Waals surface area contributed by atoms with Crippen molar-refractivity contribution in [2.24, 2.45) is 0 Å². The van der Waals surface area contributed by atoms with Crippen LogP contribution >= 0.6 is 0 Å². The molecule has 0 bridgehead atoms. The first kappa shape index (κ1) is 18.2. The zero-order valence-corrected chi connectivity index (χ0v) is 15.0. The summed E-state index contributed by atoms with van der Waals surface area (Å²) in [6.45, 7) is 12.6. The first-order valence-electron chi connectivity index (χ1n) is 7.38. The third-order valence-corrected chi connectivity index (χ3v) is 6.48. The second-order valence-corrected chi connectivity index (χ2v) is 7.85. The van der Waals surface area contributed by atoms with E-state index in [0.29, 0.717) is 23.0 Å². The molecular formula is C15H28N2O3S. The van der Waals surface area contributed by atoms with Gasteiger partial charge in [-0.15, -0.1) is 0 Å². The van der Waals surface area contributed by atoms with Gasteiger partial charge in [-0.2, -0.15) is 4.31 Å². The fourth-order valence-corrected chi connectivity index (χ4v) is 4.17. The van der Waals surface area contributed by atoms with E-state index in [0.717, 1.165) is 18.5 Å². The van der Waals surface area contributed by atoms with Crippen molar-refractivity contribution in [3.8, 4) is 0 Å². The summed E-state index contributed by atoms with van der Waals surface area (Å²) >= 11 is 0. The van der Waals surface area contributed by atoms with Gasteiger partial charge in [0.1, 0.15) is 16.4 Å². The molecule has 1 aromatic rings. The quantitative estimate of drug-likeness (QED) is 0.840. The summed E-state index contributed by atoms with van der Waals surface area (Å²) in [6, 6.07) is 0. The van der Waals surface area contributed by atoms with E-state index in [4.69, 9.17) is 4.42 Å². The first-order chi connectivity index (χ1) is 9.59. The lowest BCUT2D eigenvalue weighted by Crippen LogP contribution is -2.44. The smallest absolute Gasteiger partial charge is 0.247 e. The Bertz CT molecular complexity index is 588. The van der Waals surface area contributed by atoms with Crippen molar-refractivity contribution in [2.45, 2.75) is 64.9 Å². The third-order valence-electron chi connectivity index (χ3n) is 4.21. The van der Waals surface area contributed by atoms with Crippen LogP contribution in [0.15, 0.2) is 9.31 Å².